The lowest BCUT2D eigenvalue weighted by Gasteiger charge is -2.32. The summed E-state index contributed by atoms with van der Waals surface area (Å²) in [5.74, 6) is -1.17. The highest BCUT2D eigenvalue weighted by Gasteiger charge is 2.34. The number of nitrogens with zero attached hydrogens (tertiary/aromatic N) is 1. The van der Waals surface area contributed by atoms with Gasteiger partial charge in [0.2, 0.25) is 11.8 Å². The number of carbonyl (C=O) groups excluding carboxylic acids is 4. The molecule has 11 nitrogen and oxygen atoms in total. The molecule has 0 aliphatic carbocycles. The topological polar surface area (TPSA) is 132 Å². The lowest BCUT2D eigenvalue weighted by molar-refractivity contribution is -0.126. The van der Waals surface area contributed by atoms with E-state index in [0.29, 0.717) is 34.2 Å². The van der Waals surface area contributed by atoms with Gasteiger partial charge in [0.15, 0.2) is 11.5 Å². The number of methoxy groups -OCH3 is 3. The van der Waals surface area contributed by atoms with Crippen molar-refractivity contribution in [1.82, 2.24) is 10.6 Å². The quantitative estimate of drug-likeness (QED) is 0.305. The maximum Gasteiger partial charge on any atom is 0.337 e. The van der Waals surface area contributed by atoms with Crippen LogP contribution in [0, 0.1) is 0 Å². The summed E-state index contributed by atoms with van der Waals surface area (Å²) in [4.78, 5) is 54.3. The largest absolute Gasteiger partial charge is 0.493 e. The molecule has 1 aliphatic rings. The number of hydrogen-bond acceptors (Lipinski definition) is 9. The van der Waals surface area contributed by atoms with Crippen LogP contribution in [0.3, 0.4) is 0 Å². The molecule has 0 radical (unpaired) electrons. The van der Waals surface area contributed by atoms with Gasteiger partial charge in [0.25, 0.3) is 5.91 Å². The zero-order valence-corrected chi connectivity index (χ0v) is 24.4. The lowest BCUT2D eigenvalue weighted by Crippen LogP contribution is -2.48. The molecule has 2 heterocycles. The summed E-state index contributed by atoms with van der Waals surface area (Å²) in [7, 11) is 4.24. The molecule has 1 aromatic heterocycles. The first-order valence-corrected chi connectivity index (χ1v) is 14.2. The van der Waals surface area contributed by atoms with Gasteiger partial charge in [-0.2, -0.15) is 0 Å². The number of anilines is 1. The van der Waals surface area contributed by atoms with E-state index in [2.05, 4.69) is 10.6 Å². The Bertz CT molecular complexity index is 1390. The molecule has 4 rings (SSSR count). The van der Waals surface area contributed by atoms with Gasteiger partial charge in [-0.05, 0) is 66.2 Å². The third-order valence-corrected chi connectivity index (χ3v) is 7.61. The highest BCUT2D eigenvalue weighted by atomic mass is 32.1. The Morgan fingerprint density at radius 3 is 2.38 bits per heavy atom. The monoisotopic (exact) mass is 595 g/mol. The molecule has 42 heavy (non-hydrogen) atoms. The second-order valence-electron chi connectivity index (χ2n) is 9.36. The number of amides is 3. The van der Waals surface area contributed by atoms with Gasteiger partial charge < -0.3 is 29.6 Å². The fourth-order valence-corrected chi connectivity index (χ4v) is 5.25. The van der Waals surface area contributed by atoms with Crippen LogP contribution >= 0.6 is 11.3 Å². The summed E-state index contributed by atoms with van der Waals surface area (Å²) in [6.07, 6.45) is 1.59. The van der Waals surface area contributed by atoms with Gasteiger partial charge in [0.1, 0.15) is 6.04 Å². The average Bonchev–Trinajstić information content (AvgIpc) is 3.76. The van der Waals surface area contributed by atoms with E-state index in [-0.39, 0.29) is 18.2 Å². The van der Waals surface area contributed by atoms with E-state index in [9.17, 15) is 19.2 Å². The first-order valence-electron chi connectivity index (χ1n) is 13.3. The van der Waals surface area contributed by atoms with Crippen molar-refractivity contribution in [3.05, 3.63) is 76.0 Å². The lowest BCUT2D eigenvalue weighted by atomic mass is 10.0. The molecule has 0 unspecified atom stereocenters. The predicted octanol–water partition coefficient (Wildman–Crippen LogP) is 3.35. The van der Waals surface area contributed by atoms with Crippen molar-refractivity contribution in [2.45, 2.75) is 25.0 Å². The second kappa shape index (κ2) is 14.5. The molecule has 3 amide bonds. The summed E-state index contributed by atoms with van der Waals surface area (Å²) in [6.45, 7) is 0.500. The number of hydrogen-bond donors (Lipinski definition) is 2. The van der Waals surface area contributed by atoms with Crippen LogP contribution in [0.15, 0.2) is 60.0 Å². The molecule has 0 bridgehead atoms. The molecule has 2 aromatic carbocycles. The molecule has 222 valence electrons. The highest BCUT2D eigenvalue weighted by molar-refractivity contribution is 7.12. The SMILES string of the molecule is COC(=O)c1ccc(N(C(=O)CNC(=O)c2cccs2)[C@H](C(=O)NC[C@H]2CCCO2)c2ccc(OC)c(OC)c2)cc1. The minimum atomic E-state index is -1.18. The normalized spacial score (nSPS) is 14.9. The molecule has 3 aromatic rings. The molecular formula is C30H33N3O8S. The van der Waals surface area contributed by atoms with Crippen LogP contribution in [0.4, 0.5) is 5.69 Å². The van der Waals surface area contributed by atoms with Crippen LogP contribution in [0.1, 0.15) is 44.5 Å². The number of rotatable bonds is 12. The molecule has 1 fully saturated rings. The zero-order valence-electron chi connectivity index (χ0n) is 23.6. The van der Waals surface area contributed by atoms with Crippen LogP contribution in [0.2, 0.25) is 0 Å². The highest BCUT2D eigenvalue weighted by Crippen LogP contribution is 2.34. The predicted molar refractivity (Wildman–Crippen MR) is 156 cm³/mol. The number of carbonyl (C=O) groups is 4. The Morgan fingerprint density at radius 1 is 1.00 bits per heavy atom. The number of benzene rings is 2. The summed E-state index contributed by atoms with van der Waals surface area (Å²) in [5.41, 5.74) is 1.03. The van der Waals surface area contributed by atoms with Crippen LogP contribution in [-0.4, -0.2) is 70.8 Å². The molecule has 0 spiro atoms. The van der Waals surface area contributed by atoms with E-state index >= 15 is 0 Å². The minimum Gasteiger partial charge on any atom is -0.493 e. The standard InChI is InChI=1S/C30H33N3O8S/c1-38-23-13-10-20(16-24(23)39-2)27(29(36)31-17-22-6-4-14-41-22)33(21-11-8-19(9-12-21)30(37)40-3)26(34)18-32-28(35)25-7-5-15-42-25/h5,7-13,15-16,22,27H,4,6,14,17-18H2,1-3H3,(H,31,36)(H,32,35)/t22-,27+/m1/s1. The van der Waals surface area contributed by atoms with E-state index in [1.807, 2.05) is 0 Å². The van der Waals surface area contributed by atoms with Gasteiger partial charge in [0, 0.05) is 18.8 Å². The van der Waals surface area contributed by atoms with Crippen LogP contribution < -0.4 is 25.0 Å². The van der Waals surface area contributed by atoms with Gasteiger partial charge >= 0.3 is 5.97 Å². The van der Waals surface area contributed by atoms with Crippen LogP contribution in [0.5, 0.6) is 11.5 Å². The number of ether oxygens (including phenoxy) is 4. The summed E-state index contributed by atoms with van der Waals surface area (Å²) in [6, 6.07) is 13.3. The maximum atomic E-state index is 13.9. The third kappa shape index (κ3) is 7.25. The van der Waals surface area contributed by atoms with Crippen molar-refractivity contribution in [3.63, 3.8) is 0 Å². The van der Waals surface area contributed by atoms with Gasteiger partial charge in [-0.3, -0.25) is 19.3 Å². The average molecular weight is 596 g/mol. The molecule has 0 saturated carbocycles. The molecule has 2 N–H and O–H groups in total. The van der Waals surface area contributed by atoms with Crippen molar-refractivity contribution in [3.8, 4) is 11.5 Å². The smallest absolute Gasteiger partial charge is 0.337 e. The Kier molecular flexibility index (Phi) is 10.5. The minimum absolute atomic E-state index is 0.131. The molecule has 1 aliphatic heterocycles. The van der Waals surface area contributed by atoms with Crippen LogP contribution in [-0.2, 0) is 19.1 Å². The maximum absolute atomic E-state index is 13.9. The van der Waals surface area contributed by atoms with E-state index < -0.39 is 36.3 Å². The Balaban J connectivity index is 1.74. The van der Waals surface area contributed by atoms with Crippen LogP contribution in [0.25, 0.3) is 0 Å². The Labute approximate surface area is 247 Å². The summed E-state index contributed by atoms with van der Waals surface area (Å²) in [5, 5.41) is 7.34. The zero-order chi connectivity index (χ0) is 30.1. The Hall–Kier alpha value is -4.42. The van der Waals surface area contributed by atoms with Gasteiger partial charge in [-0.25, -0.2) is 4.79 Å². The molecule has 12 heteroatoms. The first kappa shape index (κ1) is 30.5. The Morgan fingerprint density at radius 2 is 1.76 bits per heavy atom. The molecule has 2 atom stereocenters. The van der Waals surface area contributed by atoms with Crippen molar-refractivity contribution >= 4 is 40.7 Å². The van der Waals surface area contributed by atoms with E-state index in [1.165, 1.54) is 49.7 Å². The van der Waals surface area contributed by atoms with Crippen molar-refractivity contribution in [2.24, 2.45) is 0 Å². The molecular weight excluding hydrogens is 562 g/mol. The first-order chi connectivity index (χ1) is 20.4. The summed E-state index contributed by atoms with van der Waals surface area (Å²) < 4.78 is 21.3. The van der Waals surface area contributed by atoms with Gasteiger partial charge in [-0.15, -0.1) is 11.3 Å². The fraction of sp³-hybridized carbons (Fsp3) is 0.333. The summed E-state index contributed by atoms with van der Waals surface area (Å²) >= 11 is 1.25. The number of thiophene rings is 1. The number of esters is 1. The van der Waals surface area contributed by atoms with E-state index in [0.717, 1.165) is 12.8 Å². The number of nitrogens with one attached hydrogen (secondary N) is 2. The second-order valence-corrected chi connectivity index (χ2v) is 10.3. The molecule has 1 saturated heterocycles. The van der Waals surface area contributed by atoms with E-state index in [1.54, 1.807) is 47.8 Å². The van der Waals surface area contributed by atoms with Crippen molar-refractivity contribution in [2.75, 3.05) is 45.9 Å². The van der Waals surface area contributed by atoms with Crippen molar-refractivity contribution < 1.29 is 38.1 Å². The third-order valence-electron chi connectivity index (χ3n) is 6.74. The van der Waals surface area contributed by atoms with Gasteiger partial charge in [-0.1, -0.05) is 12.1 Å². The van der Waals surface area contributed by atoms with Gasteiger partial charge in [0.05, 0.1) is 44.4 Å². The van der Waals surface area contributed by atoms with Crippen molar-refractivity contribution in [1.29, 1.82) is 0 Å². The van der Waals surface area contributed by atoms with E-state index in [4.69, 9.17) is 18.9 Å². The fourth-order valence-electron chi connectivity index (χ4n) is 4.61.